The van der Waals surface area contributed by atoms with E-state index in [4.69, 9.17) is 25.8 Å². The van der Waals surface area contributed by atoms with Gasteiger partial charge < -0.3 is 44.7 Å². The first-order chi connectivity index (χ1) is 25.6. The van der Waals surface area contributed by atoms with Crippen LogP contribution in [-0.2, 0) is 21.7 Å². The van der Waals surface area contributed by atoms with Crippen molar-refractivity contribution < 1.29 is 34.3 Å². The zero-order valence-corrected chi connectivity index (χ0v) is 31.9. The second-order valence-corrected chi connectivity index (χ2v) is 15.5. The molecule has 1 aliphatic rings. The van der Waals surface area contributed by atoms with Crippen molar-refractivity contribution >= 4 is 51.1 Å². The Hall–Kier alpha value is -3.95. The van der Waals surface area contributed by atoms with Gasteiger partial charge in [0.15, 0.2) is 0 Å². The van der Waals surface area contributed by atoms with Crippen molar-refractivity contribution in [2.24, 2.45) is 0 Å². The molecule has 3 heterocycles. The number of aromatic hydroxyl groups is 1. The second-order valence-electron chi connectivity index (χ2n) is 13.2. The molecule has 5 N–H and O–H groups in total. The van der Waals surface area contributed by atoms with E-state index in [1.807, 2.05) is 22.9 Å². The van der Waals surface area contributed by atoms with E-state index < -0.39 is 17.7 Å². The lowest BCUT2D eigenvalue weighted by Crippen LogP contribution is -2.42. The Morgan fingerprint density at radius 3 is 2.43 bits per heavy atom. The molecule has 0 amide bonds. The van der Waals surface area contributed by atoms with Crippen LogP contribution in [0.2, 0.25) is 5.02 Å². The molecule has 0 aliphatic heterocycles. The van der Waals surface area contributed by atoms with E-state index in [-0.39, 0.29) is 29.5 Å². The van der Waals surface area contributed by atoms with Crippen molar-refractivity contribution in [3.05, 3.63) is 108 Å². The van der Waals surface area contributed by atoms with Gasteiger partial charge in [-0.3, -0.25) is 4.79 Å². The number of carbonyl (C=O) groups excluding carboxylic acids is 1. The number of esters is 1. The number of aromatic amines is 1. The summed E-state index contributed by atoms with van der Waals surface area (Å²) in [5, 5.41) is 40.5. The number of ether oxygens (including phenoxy) is 3. The fourth-order valence-electron chi connectivity index (χ4n) is 6.83. The summed E-state index contributed by atoms with van der Waals surface area (Å²) in [4.78, 5) is 31.1. The molecule has 1 saturated carbocycles. The van der Waals surface area contributed by atoms with E-state index in [9.17, 15) is 24.9 Å². The average Bonchev–Trinajstić information content (AvgIpc) is 3.91. The normalized spacial score (nSPS) is 16.9. The first-order valence-electron chi connectivity index (χ1n) is 17.5. The third-order valence-corrected chi connectivity index (χ3v) is 12.0. The minimum atomic E-state index is -1.79. The maximum Gasteiger partial charge on any atom is 0.349 e. The number of methoxy groups -OCH3 is 1. The Balaban J connectivity index is 0.942. The first kappa shape index (κ1) is 38.8. The topological polar surface area (TPSA) is 154 Å². The molecule has 0 radical (unpaired) electrons. The van der Waals surface area contributed by atoms with Gasteiger partial charge in [-0.15, -0.1) is 22.7 Å². The smallest absolute Gasteiger partial charge is 0.349 e. The zero-order valence-electron chi connectivity index (χ0n) is 29.5. The summed E-state index contributed by atoms with van der Waals surface area (Å²) in [7, 11) is 3.68. The van der Waals surface area contributed by atoms with Crippen LogP contribution in [0.1, 0.15) is 59.1 Å². The summed E-state index contributed by atoms with van der Waals surface area (Å²) >= 11 is 9.30. The molecule has 6 rings (SSSR count). The van der Waals surface area contributed by atoms with Gasteiger partial charge >= 0.3 is 5.97 Å². The van der Waals surface area contributed by atoms with Crippen LogP contribution in [0.25, 0.3) is 10.9 Å². The van der Waals surface area contributed by atoms with Crippen molar-refractivity contribution in [2.45, 2.75) is 62.5 Å². The third kappa shape index (κ3) is 8.89. The molecule has 3 aromatic heterocycles. The lowest BCUT2D eigenvalue weighted by Gasteiger charge is -2.35. The predicted molar refractivity (Wildman–Crippen MR) is 207 cm³/mol. The number of rotatable bonds is 16. The fraction of sp³-hybridized carbons (Fsp3) is 0.385. The molecule has 282 valence electrons. The van der Waals surface area contributed by atoms with Crippen molar-refractivity contribution in [1.29, 1.82) is 0 Å². The number of fused-ring (bicyclic) bond motifs is 1. The maximum absolute atomic E-state index is 13.4. The molecule has 1 fully saturated rings. The third-order valence-electron chi connectivity index (χ3n) is 9.76. The molecule has 5 aromatic rings. The van der Waals surface area contributed by atoms with E-state index in [0.717, 1.165) is 44.2 Å². The number of aliphatic hydroxyl groups excluding tert-OH is 1. The highest BCUT2D eigenvalue weighted by molar-refractivity contribution is 7.12. The standard InChI is InChI=1S/C39H44ClN3O8S2/c1-43(25-8-10-26(11-9-25)51-38(47)39(48,34-6-3-18-52-34)35-7-4-19-53-35)16-5-17-50-33-21-32(49-2)24(20-29(33)40)22-41-23-31(45)27-12-14-30(44)37-28(27)13-15-36(46)42-37/h3-4,6-7,12-15,18-21,25-26,31,41,44-45,48H,5,8-11,16-17,22-23H2,1-2H3,(H,42,46)/t25?,26?,31-/m1/s1. The van der Waals surface area contributed by atoms with E-state index in [1.165, 1.54) is 34.8 Å². The number of phenolic OH excluding ortho intramolecular Hbond substituents is 1. The van der Waals surface area contributed by atoms with E-state index in [2.05, 4.69) is 22.2 Å². The number of pyridine rings is 1. The number of carbonyl (C=O) groups is 1. The fourth-order valence-corrected chi connectivity index (χ4v) is 8.78. The summed E-state index contributed by atoms with van der Waals surface area (Å²) < 4.78 is 17.6. The number of nitrogens with one attached hydrogen (secondary N) is 2. The van der Waals surface area contributed by atoms with Crippen LogP contribution >= 0.6 is 34.3 Å². The summed E-state index contributed by atoms with van der Waals surface area (Å²) in [5.41, 5.74) is -0.486. The molecule has 2 aromatic carbocycles. The van der Waals surface area contributed by atoms with Crippen LogP contribution in [0, 0.1) is 0 Å². The number of phenols is 1. The van der Waals surface area contributed by atoms with E-state index in [0.29, 0.717) is 56.4 Å². The molecule has 53 heavy (non-hydrogen) atoms. The lowest BCUT2D eigenvalue weighted by molar-refractivity contribution is -0.169. The molecule has 0 saturated heterocycles. The Labute approximate surface area is 320 Å². The van der Waals surface area contributed by atoms with E-state index in [1.54, 1.807) is 43.5 Å². The van der Waals surface area contributed by atoms with Gasteiger partial charge in [0.05, 0.1) is 40.1 Å². The molecule has 0 bridgehead atoms. The number of thiophene rings is 2. The second kappa shape index (κ2) is 17.5. The van der Waals surface area contributed by atoms with Gasteiger partial charge in [-0.2, -0.15) is 0 Å². The molecular weight excluding hydrogens is 738 g/mol. The van der Waals surface area contributed by atoms with Gasteiger partial charge in [-0.25, -0.2) is 4.79 Å². The molecule has 1 atom stereocenters. The number of hydrogen-bond acceptors (Lipinski definition) is 12. The van der Waals surface area contributed by atoms with Gasteiger partial charge in [0.2, 0.25) is 11.2 Å². The quantitative estimate of drug-likeness (QED) is 0.0567. The lowest BCUT2D eigenvalue weighted by atomic mass is 9.91. The largest absolute Gasteiger partial charge is 0.506 e. The maximum atomic E-state index is 13.4. The van der Waals surface area contributed by atoms with Crippen LogP contribution in [0.4, 0.5) is 0 Å². The minimum absolute atomic E-state index is 0.0643. The number of hydrogen-bond donors (Lipinski definition) is 5. The number of benzene rings is 2. The van der Waals surface area contributed by atoms with Gasteiger partial charge in [-0.1, -0.05) is 29.8 Å². The van der Waals surface area contributed by atoms with E-state index >= 15 is 0 Å². The molecule has 14 heteroatoms. The summed E-state index contributed by atoms with van der Waals surface area (Å²) in [6, 6.07) is 17.1. The molecule has 0 unspecified atom stereocenters. The van der Waals surface area contributed by atoms with Crippen LogP contribution in [-0.4, -0.2) is 77.2 Å². The van der Waals surface area contributed by atoms with Crippen molar-refractivity contribution in [3.8, 4) is 17.2 Å². The Morgan fingerprint density at radius 2 is 1.77 bits per heavy atom. The number of aliphatic hydroxyl groups is 2. The van der Waals surface area contributed by atoms with Crippen LogP contribution in [0.5, 0.6) is 17.2 Å². The monoisotopic (exact) mass is 781 g/mol. The molecule has 11 nitrogen and oxygen atoms in total. The van der Waals surface area contributed by atoms with Crippen molar-refractivity contribution in [1.82, 2.24) is 15.2 Å². The Bertz CT molecular complexity index is 2000. The SMILES string of the molecule is COc1cc(OCCCN(C)C2CCC(OC(=O)C(O)(c3cccs3)c3cccs3)CC2)c(Cl)cc1CNC[C@@H](O)c1ccc(O)c2[nH]c(=O)ccc12. The summed E-state index contributed by atoms with van der Waals surface area (Å²) in [6.07, 6.45) is 2.86. The number of aromatic nitrogens is 1. The predicted octanol–water partition coefficient (Wildman–Crippen LogP) is 6.33. The molecular formula is C39H44ClN3O8S2. The van der Waals surface area contributed by atoms with Gasteiger partial charge in [-0.05, 0) is 85.8 Å². The minimum Gasteiger partial charge on any atom is -0.506 e. The number of halogens is 1. The molecule has 0 spiro atoms. The van der Waals surface area contributed by atoms with Crippen LogP contribution in [0.3, 0.4) is 0 Å². The highest BCUT2D eigenvalue weighted by Gasteiger charge is 2.45. The summed E-state index contributed by atoms with van der Waals surface area (Å²) in [5.74, 6) is 0.435. The number of nitrogens with zero attached hydrogens (tertiary/aromatic N) is 1. The van der Waals surface area contributed by atoms with Crippen LogP contribution in [0.15, 0.2) is 76.2 Å². The van der Waals surface area contributed by atoms with Crippen LogP contribution < -0.4 is 20.3 Å². The summed E-state index contributed by atoms with van der Waals surface area (Å²) in [6.45, 7) is 1.84. The highest BCUT2D eigenvalue weighted by Crippen LogP contribution is 2.38. The zero-order chi connectivity index (χ0) is 37.5. The van der Waals surface area contributed by atoms with Gasteiger partial charge in [0.25, 0.3) is 0 Å². The molecule has 1 aliphatic carbocycles. The Kier molecular flexibility index (Phi) is 12.8. The first-order valence-corrected chi connectivity index (χ1v) is 19.7. The highest BCUT2D eigenvalue weighted by atomic mass is 35.5. The van der Waals surface area contributed by atoms with Gasteiger partial charge in [0.1, 0.15) is 23.4 Å². The van der Waals surface area contributed by atoms with Crippen molar-refractivity contribution in [3.63, 3.8) is 0 Å². The Morgan fingerprint density at radius 1 is 1.06 bits per heavy atom. The average molecular weight is 782 g/mol. The number of H-pyrrole nitrogens is 1. The van der Waals surface area contributed by atoms with Gasteiger partial charge in [0, 0.05) is 48.8 Å². The van der Waals surface area contributed by atoms with Crippen molar-refractivity contribution in [2.75, 3.05) is 33.9 Å².